The number of carbonyl (C=O) groups is 1. The summed E-state index contributed by atoms with van der Waals surface area (Å²) in [5.74, 6) is 0.557. The molecule has 9 nitrogen and oxygen atoms in total. The number of nitrogens with one attached hydrogen (secondary N) is 1. The van der Waals surface area contributed by atoms with Crippen LogP contribution in [0.3, 0.4) is 0 Å². The second-order valence-corrected chi connectivity index (χ2v) is 9.87. The Bertz CT molecular complexity index is 1240. The zero-order valence-electron chi connectivity index (χ0n) is 16.5. The highest BCUT2D eigenvalue weighted by atomic mass is 32.2. The molecule has 1 amide bonds. The molecule has 0 saturated carbocycles. The molecule has 1 atom stereocenters. The van der Waals surface area contributed by atoms with Crippen LogP contribution < -0.4 is 14.8 Å². The molecule has 1 saturated heterocycles. The van der Waals surface area contributed by atoms with Crippen LogP contribution in [0.1, 0.15) is 12.8 Å². The SMILES string of the molecule is O=C(Nc1ccc2c(c1)OCCO2)[C@H]1CCCN(S(=O)(=O)c2cccc3nsnc23)C1. The van der Waals surface area contributed by atoms with E-state index in [0.717, 1.165) is 11.7 Å². The van der Waals surface area contributed by atoms with E-state index in [0.29, 0.717) is 60.8 Å². The van der Waals surface area contributed by atoms with Crippen LogP contribution in [0.2, 0.25) is 0 Å². The smallest absolute Gasteiger partial charge is 0.245 e. The van der Waals surface area contributed by atoms with E-state index in [1.165, 1.54) is 10.4 Å². The Morgan fingerprint density at radius 2 is 1.97 bits per heavy atom. The van der Waals surface area contributed by atoms with Crippen LogP contribution in [0.15, 0.2) is 41.3 Å². The predicted octanol–water partition coefficient (Wildman–Crippen LogP) is 2.50. The van der Waals surface area contributed by atoms with Crippen molar-refractivity contribution in [2.75, 3.05) is 31.6 Å². The lowest BCUT2D eigenvalue weighted by Gasteiger charge is -2.31. The van der Waals surface area contributed by atoms with E-state index in [1.807, 2.05) is 0 Å². The van der Waals surface area contributed by atoms with Gasteiger partial charge in [-0.1, -0.05) is 6.07 Å². The summed E-state index contributed by atoms with van der Waals surface area (Å²) in [4.78, 5) is 13.0. The number of sulfonamides is 1. The Hall–Kier alpha value is -2.76. The van der Waals surface area contributed by atoms with E-state index in [9.17, 15) is 13.2 Å². The lowest BCUT2D eigenvalue weighted by Crippen LogP contribution is -2.43. The molecule has 3 heterocycles. The number of anilines is 1. The maximum atomic E-state index is 13.3. The Morgan fingerprint density at radius 3 is 2.84 bits per heavy atom. The third-order valence-electron chi connectivity index (χ3n) is 5.43. The average Bonchev–Trinajstić information content (AvgIpc) is 3.28. The van der Waals surface area contributed by atoms with E-state index >= 15 is 0 Å². The number of amides is 1. The first-order chi connectivity index (χ1) is 15.0. The molecule has 1 fully saturated rings. The minimum Gasteiger partial charge on any atom is -0.486 e. The van der Waals surface area contributed by atoms with Gasteiger partial charge in [-0.3, -0.25) is 4.79 Å². The highest BCUT2D eigenvalue weighted by Gasteiger charge is 2.34. The summed E-state index contributed by atoms with van der Waals surface area (Å²) in [6.45, 7) is 1.44. The molecule has 31 heavy (non-hydrogen) atoms. The van der Waals surface area contributed by atoms with E-state index in [1.54, 1.807) is 30.3 Å². The summed E-state index contributed by atoms with van der Waals surface area (Å²) in [7, 11) is -3.79. The van der Waals surface area contributed by atoms with Crippen LogP contribution in [0, 0.1) is 5.92 Å². The highest BCUT2D eigenvalue weighted by Crippen LogP contribution is 2.33. The largest absolute Gasteiger partial charge is 0.486 e. The van der Waals surface area contributed by atoms with Crippen molar-refractivity contribution in [3.8, 4) is 11.5 Å². The van der Waals surface area contributed by atoms with Crippen LogP contribution in [0.4, 0.5) is 5.69 Å². The van der Waals surface area contributed by atoms with Crippen molar-refractivity contribution in [1.29, 1.82) is 0 Å². The van der Waals surface area contributed by atoms with Gasteiger partial charge in [0.25, 0.3) is 0 Å². The number of rotatable bonds is 4. The molecule has 0 bridgehead atoms. The van der Waals surface area contributed by atoms with E-state index in [4.69, 9.17) is 9.47 Å². The molecule has 0 aliphatic carbocycles. The van der Waals surface area contributed by atoms with Gasteiger partial charge in [0.2, 0.25) is 15.9 Å². The third-order valence-corrected chi connectivity index (χ3v) is 7.87. The molecular weight excluding hydrogens is 440 g/mol. The van der Waals surface area contributed by atoms with Crippen molar-refractivity contribution in [2.24, 2.45) is 5.92 Å². The van der Waals surface area contributed by atoms with Crippen LogP contribution in [0.5, 0.6) is 11.5 Å². The minimum absolute atomic E-state index is 0.118. The summed E-state index contributed by atoms with van der Waals surface area (Å²) in [6, 6.07) is 10.2. The summed E-state index contributed by atoms with van der Waals surface area (Å²) < 4.78 is 47.3. The molecule has 1 aromatic heterocycles. The Morgan fingerprint density at radius 1 is 1.13 bits per heavy atom. The van der Waals surface area contributed by atoms with Crippen molar-refractivity contribution in [3.63, 3.8) is 0 Å². The molecule has 2 aliphatic heterocycles. The first-order valence-electron chi connectivity index (χ1n) is 9.94. The fraction of sp³-hybridized carbons (Fsp3) is 0.350. The number of hydrogen-bond donors (Lipinski definition) is 1. The van der Waals surface area contributed by atoms with Crippen LogP contribution in [-0.4, -0.2) is 53.7 Å². The van der Waals surface area contributed by atoms with Crippen molar-refractivity contribution in [2.45, 2.75) is 17.7 Å². The maximum Gasteiger partial charge on any atom is 0.245 e. The summed E-state index contributed by atoms with van der Waals surface area (Å²) in [5, 5.41) is 2.88. The first kappa shape index (κ1) is 20.2. The lowest BCUT2D eigenvalue weighted by molar-refractivity contribution is -0.120. The monoisotopic (exact) mass is 460 g/mol. The van der Waals surface area contributed by atoms with Gasteiger partial charge in [0.05, 0.1) is 17.6 Å². The van der Waals surface area contributed by atoms with Crippen molar-refractivity contribution >= 4 is 44.4 Å². The number of nitrogens with zero attached hydrogens (tertiary/aromatic N) is 3. The van der Waals surface area contributed by atoms with Gasteiger partial charge in [-0.25, -0.2) is 8.42 Å². The molecular formula is C20H20N4O5S2. The van der Waals surface area contributed by atoms with Gasteiger partial charge in [0.15, 0.2) is 11.5 Å². The molecule has 11 heteroatoms. The van der Waals surface area contributed by atoms with Gasteiger partial charge in [0.1, 0.15) is 29.1 Å². The highest BCUT2D eigenvalue weighted by molar-refractivity contribution is 7.89. The number of fused-ring (bicyclic) bond motifs is 2. The zero-order valence-corrected chi connectivity index (χ0v) is 18.1. The summed E-state index contributed by atoms with van der Waals surface area (Å²) in [5.41, 5.74) is 1.51. The standard InChI is InChI=1S/C20H20N4O5S2/c25-20(21-14-6-7-16-17(11-14)29-10-9-28-16)13-3-2-8-24(12-13)31(26,27)18-5-1-4-15-19(18)23-30-22-15/h1,4-7,11,13H,2-3,8-10,12H2,(H,21,25)/t13-/m0/s1. The van der Waals surface area contributed by atoms with Crippen molar-refractivity contribution in [3.05, 3.63) is 36.4 Å². The number of aromatic nitrogens is 2. The average molecular weight is 461 g/mol. The third kappa shape index (κ3) is 3.84. The Balaban J connectivity index is 1.33. The molecule has 0 spiro atoms. The van der Waals surface area contributed by atoms with Gasteiger partial charge in [-0.05, 0) is 37.1 Å². The number of ether oxygens (including phenoxy) is 2. The van der Waals surface area contributed by atoms with Crippen LogP contribution >= 0.6 is 11.7 Å². The number of hydrogen-bond acceptors (Lipinski definition) is 8. The normalized spacial score (nSPS) is 19.3. The molecule has 0 radical (unpaired) electrons. The summed E-state index contributed by atoms with van der Waals surface area (Å²) >= 11 is 0.980. The zero-order chi connectivity index (χ0) is 21.4. The van der Waals surface area contributed by atoms with E-state index in [2.05, 4.69) is 14.1 Å². The van der Waals surface area contributed by atoms with Gasteiger partial charge in [-0.15, -0.1) is 0 Å². The minimum atomic E-state index is -3.79. The van der Waals surface area contributed by atoms with Crippen molar-refractivity contribution < 1.29 is 22.7 Å². The molecule has 3 aromatic rings. The maximum absolute atomic E-state index is 13.3. The second-order valence-electron chi connectivity index (χ2n) is 7.44. The number of piperidine rings is 1. The van der Waals surface area contributed by atoms with E-state index in [-0.39, 0.29) is 17.3 Å². The number of carbonyl (C=O) groups excluding carboxylic acids is 1. The van der Waals surface area contributed by atoms with E-state index < -0.39 is 15.9 Å². The summed E-state index contributed by atoms with van der Waals surface area (Å²) in [6.07, 6.45) is 1.22. The second kappa shape index (κ2) is 8.06. The van der Waals surface area contributed by atoms with Crippen LogP contribution in [-0.2, 0) is 14.8 Å². The fourth-order valence-corrected chi connectivity index (χ4v) is 6.15. The molecule has 0 unspecified atom stereocenters. The lowest BCUT2D eigenvalue weighted by atomic mass is 9.98. The van der Waals surface area contributed by atoms with Gasteiger partial charge < -0.3 is 14.8 Å². The fourth-order valence-electron chi connectivity index (χ4n) is 3.87. The molecule has 1 N–H and O–H groups in total. The molecule has 2 aromatic carbocycles. The van der Waals surface area contributed by atoms with Gasteiger partial charge in [-0.2, -0.15) is 13.1 Å². The van der Waals surface area contributed by atoms with Crippen LogP contribution in [0.25, 0.3) is 11.0 Å². The molecule has 162 valence electrons. The predicted molar refractivity (Wildman–Crippen MR) is 115 cm³/mol. The van der Waals surface area contributed by atoms with Crippen molar-refractivity contribution in [1.82, 2.24) is 13.1 Å². The topological polar surface area (TPSA) is 111 Å². The quantitative estimate of drug-likeness (QED) is 0.637. The Kier molecular flexibility index (Phi) is 5.24. The first-order valence-corrected chi connectivity index (χ1v) is 12.1. The Labute approximate surface area is 183 Å². The van der Waals surface area contributed by atoms with Gasteiger partial charge in [0, 0.05) is 24.8 Å². The van der Waals surface area contributed by atoms with Gasteiger partial charge >= 0.3 is 0 Å². The molecule has 2 aliphatic rings. The number of benzene rings is 2. The molecule has 5 rings (SSSR count).